The first-order valence-corrected chi connectivity index (χ1v) is 7.88. The molecule has 2 aromatic rings. The Hall–Kier alpha value is -2.40. The molecule has 0 fully saturated rings. The number of nitrogens with one attached hydrogen (secondary N) is 2. The van der Waals surface area contributed by atoms with Crippen LogP contribution >= 0.6 is 11.6 Å². The minimum Gasteiger partial charge on any atom is -0.495 e. The third-order valence-electron chi connectivity index (χ3n) is 3.56. The highest BCUT2D eigenvalue weighted by atomic mass is 35.5. The van der Waals surface area contributed by atoms with Gasteiger partial charge in [0.15, 0.2) is 0 Å². The normalized spacial score (nSPS) is 11.5. The first-order chi connectivity index (χ1) is 11.4. The summed E-state index contributed by atoms with van der Waals surface area (Å²) < 4.78 is 10.5. The summed E-state index contributed by atoms with van der Waals surface area (Å²) in [5.74, 6) is 0.898. The van der Waals surface area contributed by atoms with Crippen LogP contribution in [0.15, 0.2) is 36.4 Å². The number of aryl methyl sites for hydroxylation is 1. The zero-order valence-corrected chi connectivity index (χ0v) is 14.9. The van der Waals surface area contributed by atoms with Crippen LogP contribution < -0.4 is 20.1 Å². The summed E-state index contributed by atoms with van der Waals surface area (Å²) in [6, 6.07) is 10.5. The topological polar surface area (TPSA) is 59.6 Å². The van der Waals surface area contributed by atoms with E-state index in [2.05, 4.69) is 10.6 Å². The van der Waals surface area contributed by atoms with Crippen molar-refractivity contribution < 1.29 is 14.3 Å². The average molecular weight is 349 g/mol. The van der Waals surface area contributed by atoms with Crippen molar-refractivity contribution in [2.24, 2.45) is 0 Å². The lowest BCUT2D eigenvalue weighted by Gasteiger charge is -2.18. The Labute approximate surface area is 146 Å². The highest BCUT2D eigenvalue weighted by Crippen LogP contribution is 2.36. The van der Waals surface area contributed by atoms with Gasteiger partial charge >= 0.3 is 0 Å². The van der Waals surface area contributed by atoms with Gasteiger partial charge in [-0.2, -0.15) is 0 Å². The number of hydrogen-bond acceptors (Lipinski definition) is 4. The summed E-state index contributed by atoms with van der Waals surface area (Å²) >= 11 is 6.14. The molecule has 24 heavy (non-hydrogen) atoms. The molecule has 1 amide bonds. The van der Waals surface area contributed by atoms with Crippen LogP contribution in [0.3, 0.4) is 0 Å². The van der Waals surface area contributed by atoms with Crippen LogP contribution in [-0.2, 0) is 4.79 Å². The molecule has 0 aliphatic carbocycles. The lowest BCUT2D eigenvalue weighted by Crippen LogP contribution is -2.32. The maximum atomic E-state index is 12.3. The van der Waals surface area contributed by atoms with Gasteiger partial charge in [-0.3, -0.25) is 4.79 Å². The van der Waals surface area contributed by atoms with E-state index >= 15 is 0 Å². The molecule has 0 heterocycles. The molecule has 0 spiro atoms. The maximum Gasteiger partial charge on any atom is 0.246 e. The van der Waals surface area contributed by atoms with Crippen molar-refractivity contribution in [3.63, 3.8) is 0 Å². The smallest absolute Gasteiger partial charge is 0.246 e. The summed E-state index contributed by atoms with van der Waals surface area (Å²) in [5.41, 5.74) is 2.51. The standard InChI is InChI=1S/C18H21ClN2O3/c1-11-5-7-13(8-6-11)21-18(22)12(2)20-15-9-14(19)16(23-3)10-17(15)24-4/h5-10,12,20H,1-4H3,(H,21,22)/t12-/m0/s1. The van der Waals surface area contributed by atoms with E-state index in [4.69, 9.17) is 21.1 Å². The zero-order valence-electron chi connectivity index (χ0n) is 14.1. The zero-order chi connectivity index (χ0) is 17.7. The highest BCUT2D eigenvalue weighted by molar-refractivity contribution is 6.32. The number of carbonyl (C=O) groups excluding carboxylic acids is 1. The third kappa shape index (κ3) is 4.32. The molecule has 2 rings (SSSR count). The molecule has 0 aliphatic rings. The van der Waals surface area contributed by atoms with Crippen LogP contribution in [0.5, 0.6) is 11.5 Å². The molecular formula is C18H21ClN2O3. The molecule has 0 bridgehead atoms. The summed E-state index contributed by atoms with van der Waals surface area (Å²) in [6.07, 6.45) is 0. The van der Waals surface area contributed by atoms with Gasteiger partial charge in [0.2, 0.25) is 5.91 Å². The van der Waals surface area contributed by atoms with E-state index in [1.54, 1.807) is 26.2 Å². The van der Waals surface area contributed by atoms with Crippen LogP contribution in [0.4, 0.5) is 11.4 Å². The molecule has 0 saturated heterocycles. The van der Waals surface area contributed by atoms with E-state index in [9.17, 15) is 4.79 Å². The van der Waals surface area contributed by atoms with Crippen molar-refractivity contribution in [2.75, 3.05) is 24.9 Å². The van der Waals surface area contributed by atoms with Gasteiger partial charge in [-0.05, 0) is 32.0 Å². The fourth-order valence-corrected chi connectivity index (χ4v) is 2.40. The van der Waals surface area contributed by atoms with Gasteiger partial charge < -0.3 is 20.1 Å². The van der Waals surface area contributed by atoms with Crippen molar-refractivity contribution in [1.29, 1.82) is 0 Å². The molecule has 0 radical (unpaired) electrons. The first-order valence-electron chi connectivity index (χ1n) is 7.50. The van der Waals surface area contributed by atoms with E-state index in [0.717, 1.165) is 11.3 Å². The van der Waals surface area contributed by atoms with Crippen molar-refractivity contribution in [1.82, 2.24) is 0 Å². The van der Waals surface area contributed by atoms with Gasteiger partial charge in [-0.15, -0.1) is 0 Å². The second kappa shape index (κ2) is 7.93. The van der Waals surface area contributed by atoms with Gasteiger partial charge in [0, 0.05) is 11.8 Å². The number of benzene rings is 2. The van der Waals surface area contributed by atoms with Gasteiger partial charge in [0.05, 0.1) is 24.9 Å². The number of halogens is 1. The summed E-state index contributed by atoms with van der Waals surface area (Å²) in [7, 11) is 3.08. The van der Waals surface area contributed by atoms with E-state index in [1.807, 2.05) is 31.2 Å². The van der Waals surface area contributed by atoms with E-state index in [1.165, 1.54) is 7.11 Å². The molecule has 128 valence electrons. The Morgan fingerprint density at radius 3 is 2.29 bits per heavy atom. The van der Waals surface area contributed by atoms with Crippen LogP contribution in [0.25, 0.3) is 0 Å². The summed E-state index contributed by atoms with van der Waals surface area (Å²) in [5, 5.41) is 6.41. The Bertz CT molecular complexity index is 717. The molecule has 2 N–H and O–H groups in total. The Morgan fingerprint density at radius 2 is 1.71 bits per heavy atom. The fraction of sp³-hybridized carbons (Fsp3) is 0.278. The molecule has 0 unspecified atom stereocenters. The molecule has 0 aliphatic heterocycles. The molecule has 2 aromatic carbocycles. The number of hydrogen-bond donors (Lipinski definition) is 2. The molecule has 5 nitrogen and oxygen atoms in total. The molecule has 0 aromatic heterocycles. The third-order valence-corrected chi connectivity index (χ3v) is 3.85. The van der Waals surface area contributed by atoms with Crippen LogP contribution in [0.1, 0.15) is 12.5 Å². The average Bonchev–Trinajstić information content (AvgIpc) is 2.57. The van der Waals surface area contributed by atoms with Crippen molar-refractivity contribution in [3.05, 3.63) is 47.0 Å². The first kappa shape index (κ1) is 17.9. The van der Waals surface area contributed by atoms with Gasteiger partial charge in [-0.25, -0.2) is 0 Å². The summed E-state index contributed by atoms with van der Waals surface area (Å²) in [4.78, 5) is 12.3. The number of amides is 1. The number of methoxy groups -OCH3 is 2. The Morgan fingerprint density at radius 1 is 1.08 bits per heavy atom. The fourth-order valence-electron chi connectivity index (χ4n) is 2.16. The number of carbonyl (C=O) groups is 1. The Balaban J connectivity index is 2.10. The van der Waals surface area contributed by atoms with Crippen molar-refractivity contribution in [2.45, 2.75) is 19.9 Å². The van der Waals surface area contributed by atoms with Gasteiger partial charge in [0.25, 0.3) is 0 Å². The molecule has 1 atom stereocenters. The second-order valence-corrected chi connectivity index (χ2v) is 5.82. The van der Waals surface area contributed by atoms with E-state index in [-0.39, 0.29) is 5.91 Å². The molecule has 6 heteroatoms. The number of rotatable bonds is 6. The number of anilines is 2. The quantitative estimate of drug-likeness (QED) is 0.825. The largest absolute Gasteiger partial charge is 0.495 e. The van der Waals surface area contributed by atoms with Crippen LogP contribution in [-0.4, -0.2) is 26.2 Å². The Kier molecular flexibility index (Phi) is 5.93. The lowest BCUT2D eigenvalue weighted by atomic mass is 10.2. The second-order valence-electron chi connectivity index (χ2n) is 5.41. The van der Waals surface area contributed by atoms with E-state index in [0.29, 0.717) is 22.2 Å². The summed E-state index contributed by atoms with van der Waals surface area (Å²) in [6.45, 7) is 3.76. The van der Waals surface area contributed by atoms with Crippen molar-refractivity contribution in [3.8, 4) is 11.5 Å². The maximum absolute atomic E-state index is 12.3. The predicted octanol–water partition coefficient (Wildman–Crippen LogP) is 4.10. The minimum absolute atomic E-state index is 0.159. The van der Waals surface area contributed by atoms with Gasteiger partial charge in [0.1, 0.15) is 17.5 Å². The highest BCUT2D eigenvalue weighted by Gasteiger charge is 2.17. The minimum atomic E-state index is -0.482. The SMILES string of the molecule is COc1cc(OC)c(N[C@@H](C)C(=O)Nc2ccc(C)cc2)cc1Cl. The monoisotopic (exact) mass is 348 g/mol. The van der Waals surface area contributed by atoms with Crippen LogP contribution in [0, 0.1) is 6.92 Å². The molecular weight excluding hydrogens is 328 g/mol. The molecule has 0 saturated carbocycles. The predicted molar refractivity (Wildman–Crippen MR) is 97.4 cm³/mol. The lowest BCUT2D eigenvalue weighted by molar-refractivity contribution is -0.116. The van der Waals surface area contributed by atoms with E-state index < -0.39 is 6.04 Å². The van der Waals surface area contributed by atoms with Crippen LogP contribution in [0.2, 0.25) is 5.02 Å². The number of ether oxygens (including phenoxy) is 2. The van der Waals surface area contributed by atoms with Gasteiger partial charge in [-0.1, -0.05) is 29.3 Å². The van der Waals surface area contributed by atoms with Crippen molar-refractivity contribution >= 4 is 28.9 Å².